The fraction of sp³-hybridized carbons (Fsp3) is 0. The van der Waals surface area contributed by atoms with Gasteiger partial charge in [0.1, 0.15) is 0 Å². The van der Waals surface area contributed by atoms with Crippen molar-refractivity contribution < 1.29 is 4.42 Å². The lowest BCUT2D eigenvalue weighted by Crippen LogP contribution is -1.85. The first-order valence-electron chi connectivity index (χ1n) is 3.06. The third kappa shape index (κ3) is 0.991. The first-order valence-corrected chi connectivity index (χ1v) is 3.85. The smallest absolute Gasteiger partial charge is 0.170 e. The van der Waals surface area contributed by atoms with Crippen LogP contribution in [0.5, 0.6) is 0 Å². The summed E-state index contributed by atoms with van der Waals surface area (Å²) in [4.78, 5) is 3.92. The molecule has 0 radical (unpaired) electrons. The second-order valence-electron chi connectivity index (χ2n) is 2.20. The van der Waals surface area contributed by atoms with Crippen LogP contribution < -0.4 is 5.73 Å². The number of nitrogens with zero attached hydrogens (tertiary/aromatic N) is 1. The Morgan fingerprint density at radius 2 is 2.27 bits per heavy atom. The van der Waals surface area contributed by atoms with E-state index in [1.54, 1.807) is 12.4 Å². The fourth-order valence-corrected chi connectivity index (χ4v) is 1.36. The SMILES string of the molecule is Nc1cncc2cc(Br)oc12. The monoisotopic (exact) mass is 212 g/mol. The van der Waals surface area contributed by atoms with Crippen molar-refractivity contribution in [3.8, 4) is 0 Å². The van der Waals surface area contributed by atoms with Crippen molar-refractivity contribution in [2.45, 2.75) is 0 Å². The normalized spacial score (nSPS) is 10.6. The number of anilines is 1. The topological polar surface area (TPSA) is 52.0 Å². The van der Waals surface area contributed by atoms with Crippen LogP contribution in [-0.2, 0) is 0 Å². The summed E-state index contributed by atoms with van der Waals surface area (Å²) in [5, 5.41) is 0.914. The molecule has 56 valence electrons. The van der Waals surface area contributed by atoms with Gasteiger partial charge in [0.25, 0.3) is 0 Å². The zero-order chi connectivity index (χ0) is 7.84. The lowest BCUT2D eigenvalue weighted by molar-refractivity contribution is 0.588. The van der Waals surface area contributed by atoms with E-state index < -0.39 is 0 Å². The second-order valence-corrected chi connectivity index (χ2v) is 2.98. The van der Waals surface area contributed by atoms with Gasteiger partial charge in [0.15, 0.2) is 10.3 Å². The Morgan fingerprint density at radius 1 is 1.45 bits per heavy atom. The van der Waals surface area contributed by atoms with E-state index in [-0.39, 0.29) is 0 Å². The van der Waals surface area contributed by atoms with Gasteiger partial charge in [0.2, 0.25) is 0 Å². The summed E-state index contributed by atoms with van der Waals surface area (Å²) in [5.74, 6) is 0. The number of rotatable bonds is 0. The van der Waals surface area contributed by atoms with Crippen molar-refractivity contribution in [3.63, 3.8) is 0 Å². The van der Waals surface area contributed by atoms with Crippen molar-refractivity contribution in [1.29, 1.82) is 0 Å². The van der Waals surface area contributed by atoms with E-state index in [4.69, 9.17) is 10.2 Å². The van der Waals surface area contributed by atoms with Crippen LogP contribution in [0.25, 0.3) is 11.0 Å². The number of aromatic nitrogens is 1. The van der Waals surface area contributed by atoms with Crippen LogP contribution >= 0.6 is 15.9 Å². The Hall–Kier alpha value is -1.03. The van der Waals surface area contributed by atoms with Crippen molar-refractivity contribution in [1.82, 2.24) is 4.98 Å². The average molecular weight is 213 g/mol. The second kappa shape index (κ2) is 2.23. The van der Waals surface area contributed by atoms with Gasteiger partial charge < -0.3 is 10.2 Å². The Balaban J connectivity index is 2.90. The van der Waals surface area contributed by atoms with E-state index in [1.807, 2.05) is 6.07 Å². The Labute approximate surface area is 71.3 Å². The Morgan fingerprint density at radius 3 is 3.00 bits per heavy atom. The van der Waals surface area contributed by atoms with Crippen LogP contribution in [0.2, 0.25) is 0 Å². The Kier molecular flexibility index (Phi) is 1.35. The molecule has 0 aliphatic heterocycles. The quantitative estimate of drug-likeness (QED) is 0.729. The standard InChI is InChI=1S/C7H5BrN2O/c8-6-1-4-2-10-3-5(9)7(4)11-6/h1-3H,9H2. The number of furan rings is 1. The highest BCUT2D eigenvalue weighted by molar-refractivity contribution is 9.10. The summed E-state index contributed by atoms with van der Waals surface area (Å²) in [6.07, 6.45) is 3.28. The summed E-state index contributed by atoms with van der Waals surface area (Å²) < 4.78 is 5.92. The van der Waals surface area contributed by atoms with Gasteiger partial charge in [-0.3, -0.25) is 4.98 Å². The number of nitrogen functional groups attached to an aromatic ring is 1. The van der Waals surface area contributed by atoms with E-state index in [0.29, 0.717) is 15.9 Å². The molecule has 0 spiro atoms. The van der Waals surface area contributed by atoms with E-state index in [9.17, 15) is 0 Å². The van der Waals surface area contributed by atoms with Gasteiger partial charge in [0, 0.05) is 17.6 Å². The third-order valence-electron chi connectivity index (χ3n) is 1.42. The molecule has 3 nitrogen and oxygen atoms in total. The highest BCUT2D eigenvalue weighted by atomic mass is 79.9. The van der Waals surface area contributed by atoms with Gasteiger partial charge >= 0.3 is 0 Å². The molecule has 0 aromatic carbocycles. The van der Waals surface area contributed by atoms with E-state index >= 15 is 0 Å². The van der Waals surface area contributed by atoms with Crippen LogP contribution in [-0.4, -0.2) is 4.98 Å². The fourth-order valence-electron chi connectivity index (χ4n) is 0.952. The van der Waals surface area contributed by atoms with E-state index in [1.165, 1.54) is 0 Å². The lowest BCUT2D eigenvalue weighted by atomic mass is 10.3. The first kappa shape index (κ1) is 6.67. The first-order chi connectivity index (χ1) is 5.27. The van der Waals surface area contributed by atoms with Crippen molar-refractivity contribution in [2.75, 3.05) is 5.73 Å². The maximum atomic E-state index is 5.59. The van der Waals surface area contributed by atoms with Crippen LogP contribution in [0.15, 0.2) is 27.5 Å². The summed E-state index contributed by atoms with van der Waals surface area (Å²) in [6.45, 7) is 0. The molecule has 0 saturated carbocycles. The lowest BCUT2D eigenvalue weighted by Gasteiger charge is -1.90. The van der Waals surface area contributed by atoms with Gasteiger partial charge in [0.05, 0.1) is 11.9 Å². The molecule has 0 amide bonds. The molecule has 2 heterocycles. The number of pyridine rings is 1. The molecule has 0 bridgehead atoms. The highest BCUT2D eigenvalue weighted by Crippen LogP contribution is 2.26. The van der Waals surface area contributed by atoms with Crippen LogP contribution in [0, 0.1) is 0 Å². The predicted octanol–water partition coefficient (Wildman–Crippen LogP) is 2.17. The molecule has 0 saturated heterocycles. The maximum absolute atomic E-state index is 5.59. The highest BCUT2D eigenvalue weighted by Gasteiger charge is 2.03. The summed E-state index contributed by atoms with van der Waals surface area (Å²) >= 11 is 3.21. The molecule has 2 rings (SSSR count). The molecule has 0 atom stereocenters. The zero-order valence-electron chi connectivity index (χ0n) is 5.54. The minimum absolute atomic E-state index is 0.563. The molecule has 2 aromatic rings. The Bertz CT molecular complexity index is 396. The summed E-state index contributed by atoms with van der Waals surface area (Å²) in [7, 11) is 0. The number of nitrogens with two attached hydrogens (primary N) is 1. The molecule has 0 aliphatic carbocycles. The van der Waals surface area contributed by atoms with Crippen molar-refractivity contribution in [3.05, 3.63) is 23.1 Å². The minimum atomic E-state index is 0.563. The van der Waals surface area contributed by atoms with Crippen LogP contribution in [0.4, 0.5) is 5.69 Å². The molecular formula is C7H5BrN2O. The molecule has 2 aromatic heterocycles. The molecular weight excluding hydrogens is 208 g/mol. The van der Waals surface area contributed by atoms with E-state index in [0.717, 1.165) is 5.39 Å². The molecule has 2 N–H and O–H groups in total. The molecule has 4 heteroatoms. The van der Waals surface area contributed by atoms with Gasteiger partial charge in [-0.1, -0.05) is 0 Å². The predicted molar refractivity (Wildman–Crippen MR) is 46.1 cm³/mol. The van der Waals surface area contributed by atoms with E-state index in [2.05, 4.69) is 20.9 Å². The van der Waals surface area contributed by atoms with Gasteiger partial charge in [-0.25, -0.2) is 0 Å². The van der Waals surface area contributed by atoms with Crippen LogP contribution in [0.1, 0.15) is 0 Å². The third-order valence-corrected chi connectivity index (χ3v) is 1.81. The zero-order valence-corrected chi connectivity index (χ0v) is 7.13. The van der Waals surface area contributed by atoms with Crippen molar-refractivity contribution in [2.24, 2.45) is 0 Å². The van der Waals surface area contributed by atoms with Crippen molar-refractivity contribution >= 4 is 32.6 Å². The average Bonchev–Trinajstić information content (AvgIpc) is 2.31. The molecule has 0 unspecified atom stereocenters. The molecule has 0 fully saturated rings. The number of hydrogen-bond donors (Lipinski definition) is 1. The van der Waals surface area contributed by atoms with Gasteiger partial charge in [-0.15, -0.1) is 0 Å². The largest absolute Gasteiger partial charge is 0.447 e. The number of halogens is 1. The van der Waals surface area contributed by atoms with Gasteiger partial charge in [-0.2, -0.15) is 0 Å². The maximum Gasteiger partial charge on any atom is 0.170 e. The van der Waals surface area contributed by atoms with Gasteiger partial charge in [-0.05, 0) is 15.9 Å². The molecule has 0 aliphatic rings. The minimum Gasteiger partial charge on any atom is -0.447 e. The number of fused-ring (bicyclic) bond motifs is 1. The summed E-state index contributed by atoms with van der Waals surface area (Å²) in [6, 6.07) is 1.83. The van der Waals surface area contributed by atoms with Crippen LogP contribution in [0.3, 0.4) is 0 Å². The number of hydrogen-bond acceptors (Lipinski definition) is 3. The summed E-state index contributed by atoms with van der Waals surface area (Å²) in [5.41, 5.74) is 6.84. The molecule has 11 heavy (non-hydrogen) atoms.